The van der Waals surface area contributed by atoms with Crippen molar-refractivity contribution in [3.8, 4) is 5.75 Å². The molecule has 1 aromatic carbocycles. The van der Waals surface area contributed by atoms with Crippen LogP contribution < -0.4 is 9.46 Å². The molecule has 23 heavy (non-hydrogen) atoms. The van der Waals surface area contributed by atoms with Crippen LogP contribution in [0.15, 0.2) is 36.7 Å². The average molecular weight is 483 g/mol. The lowest BCUT2D eigenvalue weighted by Crippen LogP contribution is -2.15. The van der Waals surface area contributed by atoms with Gasteiger partial charge in [-0.05, 0) is 61.0 Å². The van der Waals surface area contributed by atoms with Crippen LogP contribution in [0.2, 0.25) is 0 Å². The van der Waals surface area contributed by atoms with Crippen LogP contribution in [-0.4, -0.2) is 15.5 Å². The van der Waals surface area contributed by atoms with Gasteiger partial charge in [0.25, 0.3) is 10.0 Å². The molecule has 1 heterocycles. The van der Waals surface area contributed by atoms with Crippen LogP contribution in [0.5, 0.6) is 5.75 Å². The number of hydrogen-bond donors (Lipinski definition) is 1. The third-order valence-corrected chi connectivity index (χ3v) is 8.29. The van der Waals surface area contributed by atoms with E-state index in [0.717, 1.165) is 20.7 Å². The van der Waals surface area contributed by atoms with Crippen LogP contribution in [-0.2, 0) is 15.4 Å². The molecule has 0 aliphatic heterocycles. The topological polar surface area (TPSA) is 55.4 Å². The van der Waals surface area contributed by atoms with Gasteiger partial charge in [-0.15, -0.1) is 11.3 Å². The molecule has 0 fully saturated rings. The van der Waals surface area contributed by atoms with E-state index >= 15 is 0 Å². The minimum absolute atomic E-state index is 0.0958. The van der Waals surface area contributed by atoms with E-state index in [1.54, 1.807) is 12.1 Å². The summed E-state index contributed by atoms with van der Waals surface area (Å²) in [5, 5.41) is 0. The van der Waals surface area contributed by atoms with Crippen LogP contribution in [0.3, 0.4) is 0 Å². The van der Waals surface area contributed by atoms with Crippen molar-refractivity contribution in [2.75, 3.05) is 11.8 Å². The van der Waals surface area contributed by atoms with Gasteiger partial charge in [-0.3, -0.25) is 4.72 Å². The number of methoxy groups -OCH3 is 1. The molecule has 4 nitrogen and oxygen atoms in total. The van der Waals surface area contributed by atoms with Gasteiger partial charge in [-0.25, -0.2) is 8.42 Å². The number of nitrogens with one attached hydrogen (secondary N) is 1. The Balaban J connectivity index is 2.45. The van der Waals surface area contributed by atoms with Gasteiger partial charge in [0.1, 0.15) is 9.96 Å². The predicted octanol–water partition coefficient (Wildman–Crippen LogP) is 5.38. The summed E-state index contributed by atoms with van der Waals surface area (Å²) in [7, 11) is -2.17. The molecule has 0 atom stereocenters. The summed E-state index contributed by atoms with van der Waals surface area (Å²) in [5.41, 5.74) is 1.35. The first-order chi connectivity index (χ1) is 10.5. The lowest BCUT2D eigenvalue weighted by Gasteiger charge is -2.21. The molecule has 1 aromatic heterocycles. The average Bonchev–Trinajstić information content (AvgIpc) is 2.78. The van der Waals surface area contributed by atoms with Crippen molar-refractivity contribution in [3.63, 3.8) is 0 Å². The quantitative estimate of drug-likeness (QED) is 0.636. The van der Waals surface area contributed by atoms with Crippen molar-refractivity contribution in [2.24, 2.45) is 0 Å². The number of anilines is 1. The number of ether oxygens (including phenoxy) is 1. The van der Waals surface area contributed by atoms with E-state index in [2.05, 4.69) is 57.4 Å². The first-order valence-electron chi connectivity index (χ1n) is 6.71. The number of halogens is 2. The Morgan fingerprint density at radius 1 is 1.17 bits per heavy atom. The zero-order chi connectivity index (χ0) is 17.4. The van der Waals surface area contributed by atoms with Gasteiger partial charge in [0.05, 0.1) is 16.6 Å². The van der Waals surface area contributed by atoms with Crippen molar-refractivity contribution in [3.05, 3.63) is 38.1 Å². The summed E-state index contributed by atoms with van der Waals surface area (Å²) in [6.45, 7) is 6.21. The number of benzene rings is 1. The van der Waals surface area contributed by atoms with E-state index in [9.17, 15) is 8.42 Å². The standard InChI is InChI=1S/C15H17Br2NO3S2/c1-15(2,3)9-5-6-12(21-4)11(7-9)18-23(19,20)13-8-10(16)14(17)22-13/h5-8,18H,1-4H3. The number of thiophene rings is 1. The monoisotopic (exact) mass is 481 g/mol. The van der Waals surface area contributed by atoms with Crippen molar-refractivity contribution < 1.29 is 13.2 Å². The summed E-state index contributed by atoms with van der Waals surface area (Å²) >= 11 is 7.76. The van der Waals surface area contributed by atoms with Crippen LogP contribution in [0.1, 0.15) is 26.3 Å². The molecule has 0 bridgehead atoms. The lowest BCUT2D eigenvalue weighted by molar-refractivity contribution is 0.416. The Kier molecular flexibility index (Phi) is 5.50. The third kappa shape index (κ3) is 4.29. The van der Waals surface area contributed by atoms with E-state index in [4.69, 9.17) is 4.74 Å². The molecular weight excluding hydrogens is 466 g/mol. The summed E-state index contributed by atoms with van der Waals surface area (Å²) < 4.78 is 34.8. The summed E-state index contributed by atoms with van der Waals surface area (Å²) in [6, 6.07) is 7.10. The Hall–Kier alpha value is -0.570. The Morgan fingerprint density at radius 3 is 2.30 bits per heavy atom. The fourth-order valence-corrected chi connectivity index (χ4v) is 5.79. The number of sulfonamides is 1. The van der Waals surface area contributed by atoms with Gasteiger partial charge in [-0.1, -0.05) is 26.8 Å². The normalized spacial score (nSPS) is 12.3. The molecule has 0 saturated carbocycles. The van der Waals surface area contributed by atoms with E-state index in [1.807, 2.05) is 12.1 Å². The number of hydrogen-bond acceptors (Lipinski definition) is 4. The van der Waals surface area contributed by atoms with Crippen LogP contribution >= 0.6 is 43.2 Å². The van der Waals surface area contributed by atoms with Crippen molar-refractivity contribution in [2.45, 2.75) is 30.4 Å². The van der Waals surface area contributed by atoms with Crippen LogP contribution in [0.25, 0.3) is 0 Å². The molecule has 8 heteroatoms. The van der Waals surface area contributed by atoms with Gasteiger partial charge in [0.2, 0.25) is 0 Å². The van der Waals surface area contributed by atoms with Gasteiger partial charge >= 0.3 is 0 Å². The Morgan fingerprint density at radius 2 is 1.83 bits per heavy atom. The first-order valence-corrected chi connectivity index (χ1v) is 10.6. The predicted molar refractivity (Wildman–Crippen MR) is 102 cm³/mol. The fraction of sp³-hybridized carbons (Fsp3) is 0.333. The molecule has 0 spiro atoms. The van der Waals surface area contributed by atoms with Crippen molar-refractivity contribution in [1.82, 2.24) is 0 Å². The summed E-state index contributed by atoms with van der Waals surface area (Å²) in [4.78, 5) is 0. The fourth-order valence-electron chi connectivity index (χ4n) is 1.91. The Bertz CT molecular complexity index is 804. The van der Waals surface area contributed by atoms with Gasteiger partial charge < -0.3 is 4.74 Å². The second-order valence-electron chi connectivity index (χ2n) is 5.96. The highest BCUT2D eigenvalue weighted by Gasteiger charge is 2.22. The van der Waals surface area contributed by atoms with Gasteiger partial charge in [-0.2, -0.15) is 0 Å². The van der Waals surface area contributed by atoms with Gasteiger partial charge in [0, 0.05) is 4.47 Å². The lowest BCUT2D eigenvalue weighted by atomic mass is 9.87. The molecular formula is C15H17Br2NO3S2. The SMILES string of the molecule is COc1ccc(C(C)(C)C)cc1NS(=O)(=O)c1cc(Br)c(Br)s1. The summed E-state index contributed by atoms with van der Waals surface area (Å²) in [5.74, 6) is 0.483. The molecule has 0 aliphatic carbocycles. The largest absolute Gasteiger partial charge is 0.495 e. The third-order valence-electron chi connectivity index (χ3n) is 3.20. The zero-order valence-electron chi connectivity index (χ0n) is 13.1. The van der Waals surface area contributed by atoms with E-state index in [0.29, 0.717) is 15.9 Å². The zero-order valence-corrected chi connectivity index (χ0v) is 17.9. The van der Waals surface area contributed by atoms with E-state index in [1.165, 1.54) is 7.11 Å². The molecule has 2 rings (SSSR count). The first kappa shape index (κ1) is 18.8. The highest BCUT2D eigenvalue weighted by Crippen LogP contribution is 2.37. The minimum Gasteiger partial charge on any atom is -0.495 e. The molecule has 0 amide bonds. The second kappa shape index (κ2) is 6.74. The molecule has 0 saturated heterocycles. The highest BCUT2D eigenvalue weighted by molar-refractivity contribution is 9.13. The van der Waals surface area contributed by atoms with E-state index in [-0.39, 0.29) is 9.62 Å². The van der Waals surface area contributed by atoms with Crippen molar-refractivity contribution in [1.29, 1.82) is 0 Å². The molecule has 0 aliphatic rings. The smallest absolute Gasteiger partial charge is 0.271 e. The maximum Gasteiger partial charge on any atom is 0.271 e. The van der Waals surface area contributed by atoms with Crippen molar-refractivity contribution >= 4 is 58.9 Å². The van der Waals surface area contributed by atoms with Crippen LogP contribution in [0, 0.1) is 0 Å². The maximum absolute atomic E-state index is 12.6. The Labute approximate surface area is 157 Å². The van der Waals surface area contributed by atoms with Gasteiger partial charge in [0.15, 0.2) is 0 Å². The molecule has 0 radical (unpaired) electrons. The molecule has 0 unspecified atom stereocenters. The minimum atomic E-state index is -3.68. The molecule has 1 N–H and O–H groups in total. The molecule has 126 valence electrons. The highest BCUT2D eigenvalue weighted by atomic mass is 79.9. The number of rotatable bonds is 4. The van der Waals surface area contributed by atoms with Crippen LogP contribution in [0.4, 0.5) is 5.69 Å². The van der Waals surface area contributed by atoms with E-state index < -0.39 is 10.0 Å². The molecule has 2 aromatic rings. The second-order valence-corrected chi connectivity index (χ2v) is 11.1. The summed E-state index contributed by atoms with van der Waals surface area (Å²) in [6.07, 6.45) is 0. The maximum atomic E-state index is 12.6.